The maximum Gasteiger partial charge on any atom is 0.191 e. The van der Waals surface area contributed by atoms with Crippen LogP contribution < -0.4 is 10.6 Å². The summed E-state index contributed by atoms with van der Waals surface area (Å²) in [4.78, 5) is 6.84. The van der Waals surface area contributed by atoms with Crippen molar-refractivity contribution in [1.29, 1.82) is 0 Å². The van der Waals surface area contributed by atoms with Gasteiger partial charge in [0.05, 0.1) is 13.1 Å². The molecular weight excluding hydrogens is 385 g/mol. The lowest BCUT2D eigenvalue weighted by Crippen LogP contribution is -2.38. The molecule has 20 heavy (non-hydrogen) atoms. The molecule has 2 N–H and O–H groups in total. The average molecular weight is 405 g/mol. The zero-order valence-electron chi connectivity index (χ0n) is 11.7. The van der Waals surface area contributed by atoms with Gasteiger partial charge in [-0.25, -0.2) is 0 Å². The van der Waals surface area contributed by atoms with Crippen molar-refractivity contribution < 1.29 is 0 Å². The molecule has 0 unspecified atom stereocenters. The molecule has 0 atom stereocenters. The number of aliphatic imine (C=N–C) groups is 1. The van der Waals surface area contributed by atoms with E-state index in [0.717, 1.165) is 25.6 Å². The molecule has 0 saturated carbocycles. The summed E-state index contributed by atoms with van der Waals surface area (Å²) in [6.07, 6.45) is 3.73. The van der Waals surface area contributed by atoms with Gasteiger partial charge in [-0.15, -0.1) is 35.3 Å². The molecule has 2 rings (SSSR count). The van der Waals surface area contributed by atoms with E-state index in [2.05, 4.69) is 39.8 Å². The van der Waals surface area contributed by atoms with Crippen LogP contribution in [0.25, 0.3) is 0 Å². The van der Waals surface area contributed by atoms with Gasteiger partial charge in [0.25, 0.3) is 0 Å². The maximum atomic E-state index is 4.20. The summed E-state index contributed by atoms with van der Waals surface area (Å²) in [5, 5.41) is 10.7. The third-order valence-corrected chi connectivity index (χ3v) is 3.64. The molecule has 0 saturated heterocycles. The van der Waals surface area contributed by atoms with Crippen LogP contribution in [0.1, 0.15) is 9.75 Å². The van der Waals surface area contributed by atoms with Crippen LogP contribution in [-0.2, 0) is 13.1 Å². The Bertz CT molecular complexity index is 521. The topological polar surface area (TPSA) is 54.2 Å². The van der Waals surface area contributed by atoms with Gasteiger partial charge in [-0.1, -0.05) is 0 Å². The number of nitrogens with one attached hydrogen (secondary N) is 2. The normalized spacial score (nSPS) is 11.0. The van der Waals surface area contributed by atoms with Gasteiger partial charge >= 0.3 is 0 Å². The Hall–Kier alpha value is -1.09. The first-order valence-electron chi connectivity index (χ1n) is 6.25. The summed E-state index contributed by atoms with van der Waals surface area (Å²) in [7, 11) is 1.78. The number of hydrogen-bond acceptors (Lipinski definition) is 3. The predicted molar refractivity (Wildman–Crippen MR) is 94.9 cm³/mol. The number of rotatable bonds is 5. The summed E-state index contributed by atoms with van der Waals surface area (Å²) in [6.45, 7) is 4.54. The van der Waals surface area contributed by atoms with Gasteiger partial charge < -0.3 is 10.6 Å². The number of aromatic nitrogens is 2. The van der Waals surface area contributed by atoms with Crippen molar-refractivity contribution in [3.63, 3.8) is 0 Å². The largest absolute Gasteiger partial charge is 0.355 e. The second-order valence-electron chi connectivity index (χ2n) is 4.13. The molecule has 0 aliphatic heterocycles. The molecule has 0 aliphatic carbocycles. The molecule has 0 spiro atoms. The molecule has 0 amide bonds. The molecule has 0 bridgehead atoms. The zero-order valence-corrected chi connectivity index (χ0v) is 14.8. The first-order chi connectivity index (χ1) is 9.28. The second-order valence-corrected chi connectivity index (χ2v) is 5.51. The lowest BCUT2D eigenvalue weighted by molar-refractivity contribution is 0.598. The molecule has 0 aliphatic rings. The monoisotopic (exact) mass is 405 g/mol. The van der Waals surface area contributed by atoms with Crippen molar-refractivity contribution in [3.05, 3.63) is 40.3 Å². The van der Waals surface area contributed by atoms with Crippen molar-refractivity contribution in [2.45, 2.75) is 20.0 Å². The standard InChI is InChI=1S/C13H19N5S.HI/c1-11-4-5-12(19-11)10-16-13(14-2)15-7-9-18-8-3-6-17-18;/h3-6,8H,7,9-10H2,1-2H3,(H2,14,15,16);1H. The lowest BCUT2D eigenvalue weighted by atomic mass is 10.4. The summed E-state index contributed by atoms with van der Waals surface area (Å²) in [6, 6.07) is 6.20. The predicted octanol–water partition coefficient (Wildman–Crippen LogP) is 2.24. The van der Waals surface area contributed by atoms with Gasteiger partial charge in [0, 0.05) is 35.7 Å². The highest BCUT2D eigenvalue weighted by molar-refractivity contribution is 14.0. The summed E-state index contributed by atoms with van der Waals surface area (Å²) < 4.78 is 1.89. The minimum absolute atomic E-state index is 0. The Kier molecular flexibility index (Phi) is 7.60. The summed E-state index contributed by atoms with van der Waals surface area (Å²) in [5.41, 5.74) is 0. The Labute approximate surface area is 140 Å². The number of guanidine groups is 1. The van der Waals surface area contributed by atoms with E-state index in [1.165, 1.54) is 9.75 Å². The molecule has 2 heterocycles. The van der Waals surface area contributed by atoms with Crippen molar-refractivity contribution >= 4 is 41.3 Å². The van der Waals surface area contributed by atoms with Gasteiger partial charge in [-0.3, -0.25) is 9.67 Å². The van der Waals surface area contributed by atoms with Crippen molar-refractivity contribution in [2.24, 2.45) is 4.99 Å². The van der Waals surface area contributed by atoms with Crippen molar-refractivity contribution in [2.75, 3.05) is 13.6 Å². The number of aryl methyl sites for hydroxylation is 1. The quantitative estimate of drug-likeness (QED) is 0.456. The van der Waals surface area contributed by atoms with Crippen LogP contribution in [-0.4, -0.2) is 29.3 Å². The van der Waals surface area contributed by atoms with E-state index >= 15 is 0 Å². The van der Waals surface area contributed by atoms with Crippen LogP contribution in [0.3, 0.4) is 0 Å². The molecule has 2 aromatic heterocycles. The minimum atomic E-state index is 0. The molecule has 7 heteroatoms. The van der Waals surface area contributed by atoms with E-state index in [1.54, 1.807) is 24.6 Å². The molecule has 2 aromatic rings. The molecule has 0 radical (unpaired) electrons. The smallest absolute Gasteiger partial charge is 0.191 e. The minimum Gasteiger partial charge on any atom is -0.355 e. The fraction of sp³-hybridized carbons (Fsp3) is 0.385. The first kappa shape index (κ1) is 17.0. The van der Waals surface area contributed by atoms with Crippen molar-refractivity contribution in [1.82, 2.24) is 20.4 Å². The Balaban J connectivity index is 0.00000200. The van der Waals surface area contributed by atoms with Crippen LogP contribution in [0.4, 0.5) is 0 Å². The summed E-state index contributed by atoms with van der Waals surface area (Å²) in [5.74, 6) is 0.818. The third kappa shape index (κ3) is 5.49. The van der Waals surface area contributed by atoms with Gasteiger partial charge in [0.2, 0.25) is 0 Å². The molecule has 0 fully saturated rings. The van der Waals surface area contributed by atoms with E-state index in [-0.39, 0.29) is 24.0 Å². The number of halogens is 1. The second kappa shape index (κ2) is 8.96. The van der Waals surface area contributed by atoms with E-state index in [9.17, 15) is 0 Å². The van der Waals surface area contributed by atoms with Gasteiger partial charge in [0.15, 0.2) is 5.96 Å². The molecular formula is C13H20IN5S. The molecule has 110 valence electrons. The maximum absolute atomic E-state index is 4.20. The number of nitrogens with zero attached hydrogens (tertiary/aromatic N) is 3. The SMILES string of the molecule is CN=C(NCCn1cccn1)NCc1ccc(C)s1.I. The lowest BCUT2D eigenvalue weighted by Gasteiger charge is -2.11. The zero-order chi connectivity index (χ0) is 13.5. The highest BCUT2D eigenvalue weighted by atomic mass is 127. The van der Waals surface area contributed by atoms with Crippen LogP contribution in [0.5, 0.6) is 0 Å². The highest BCUT2D eigenvalue weighted by Gasteiger charge is 2.00. The van der Waals surface area contributed by atoms with Crippen LogP contribution >= 0.6 is 35.3 Å². The van der Waals surface area contributed by atoms with Gasteiger partial charge in [0.1, 0.15) is 0 Å². The molecule has 5 nitrogen and oxygen atoms in total. The summed E-state index contributed by atoms with van der Waals surface area (Å²) >= 11 is 1.80. The van der Waals surface area contributed by atoms with Crippen LogP contribution in [0.15, 0.2) is 35.6 Å². The Morgan fingerprint density at radius 3 is 2.85 bits per heavy atom. The van der Waals surface area contributed by atoms with E-state index < -0.39 is 0 Å². The fourth-order valence-corrected chi connectivity index (χ4v) is 2.52. The van der Waals surface area contributed by atoms with Gasteiger partial charge in [-0.2, -0.15) is 5.10 Å². The van der Waals surface area contributed by atoms with Gasteiger partial charge in [-0.05, 0) is 25.1 Å². The number of thiophene rings is 1. The average Bonchev–Trinajstić information content (AvgIpc) is 3.05. The molecule has 0 aromatic carbocycles. The highest BCUT2D eigenvalue weighted by Crippen LogP contribution is 2.14. The number of hydrogen-bond donors (Lipinski definition) is 2. The third-order valence-electron chi connectivity index (χ3n) is 2.64. The first-order valence-corrected chi connectivity index (χ1v) is 7.07. The van der Waals surface area contributed by atoms with E-state index in [0.29, 0.717) is 0 Å². The fourth-order valence-electron chi connectivity index (χ4n) is 1.69. The Morgan fingerprint density at radius 2 is 2.25 bits per heavy atom. The van der Waals surface area contributed by atoms with Crippen LogP contribution in [0, 0.1) is 6.92 Å². The van der Waals surface area contributed by atoms with Crippen molar-refractivity contribution in [3.8, 4) is 0 Å². The van der Waals surface area contributed by atoms with Crippen LogP contribution in [0.2, 0.25) is 0 Å². The van der Waals surface area contributed by atoms with E-state index in [4.69, 9.17) is 0 Å². The Morgan fingerprint density at radius 1 is 1.40 bits per heavy atom. The van der Waals surface area contributed by atoms with E-state index in [1.807, 2.05) is 16.9 Å².